The second-order valence-electron chi connectivity index (χ2n) is 7.40. The van der Waals surface area contributed by atoms with Crippen molar-refractivity contribution in [2.24, 2.45) is 0 Å². The number of nitrogens with zero attached hydrogens (tertiary/aromatic N) is 3. The smallest absolute Gasteiger partial charge is 0.323 e. The molecule has 1 fully saturated rings. The number of carbonyl (C=O) groups is 1. The third kappa shape index (κ3) is 3.30. The maximum Gasteiger partial charge on any atom is 0.323 e. The van der Waals surface area contributed by atoms with Crippen LogP contribution in [0.1, 0.15) is 36.7 Å². The zero-order chi connectivity index (χ0) is 19.8. The summed E-state index contributed by atoms with van der Waals surface area (Å²) in [6.45, 7) is 8.12. The maximum atomic E-state index is 12.8. The van der Waals surface area contributed by atoms with Crippen LogP contribution in [0.15, 0.2) is 16.9 Å². The molecule has 1 amide bonds. The summed E-state index contributed by atoms with van der Waals surface area (Å²) in [4.78, 5) is 32.3. The standard InChI is InChI=1S/C20H26N6O2/c1-4-14-12(2)24-26(13(14)3)11-19(27)21-17-9-15-16(23-20(28)22-15)10-18(17)25-7-5-6-8-25/h9-10H,4-8,11H2,1-3H3,(H,21,27)(H2,22,23,28). The lowest BCUT2D eigenvalue weighted by atomic mass is 10.1. The van der Waals surface area contributed by atoms with Crippen LogP contribution in [0.2, 0.25) is 0 Å². The summed E-state index contributed by atoms with van der Waals surface area (Å²) in [6.07, 6.45) is 3.15. The van der Waals surface area contributed by atoms with Gasteiger partial charge in [-0.2, -0.15) is 5.10 Å². The molecule has 0 saturated carbocycles. The van der Waals surface area contributed by atoms with Crippen LogP contribution in [0, 0.1) is 13.8 Å². The van der Waals surface area contributed by atoms with Gasteiger partial charge in [-0.25, -0.2) is 4.79 Å². The van der Waals surface area contributed by atoms with E-state index >= 15 is 0 Å². The number of H-pyrrole nitrogens is 2. The normalized spacial score (nSPS) is 14.2. The number of hydrogen-bond donors (Lipinski definition) is 3. The van der Waals surface area contributed by atoms with Gasteiger partial charge in [0.05, 0.1) is 28.1 Å². The highest BCUT2D eigenvalue weighted by Crippen LogP contribution is 2.32. The number of aromatic nitrogens is 4. The number of anilines is 2. The van der Waals surface area contributed by atoms with E-state index in [4.69, 9.17) is 0 Å². The van der Waals surface area contributed by atoms with Gasteiger partial charge in [0.2, 0.25) is 5.91 Å². The number of nitrogens with one attached hydrogen (secondary N) is 3. The number of aromatic amines is 2. The van der Waals surface area contributed by atoms with E-state index in [2.05, 4.69) is 32.2 Å². The van der Waals surface area contributed by atoms with Gasteiger partial charge in [0.25, 0.3) is 0 Å². The van der Waals surface area contributed by atoms with Crippen molar-refractivity contribution < 1.29 is 4.79 Å². The zero-order valence-electron chi connectivity index (χ0n) is 16.6. The first kappa shape index (κ1) is 18.3. The van der Waals surface area contributed by atoms with Crippen molar-refractivity contribution in [2.75, 3.05) is 23.3 Å². The van der Waals surface area contributed by atoms with Crippen LogP contribution in [-0.4, -0.2) is 38.7 Å². The summed E-state index contributed by atoms with van der Waals surface area (Å²) in [5.41, 5.74) is 6.02. The number of imidazole rings is 1. The quantitative estimate of drug-likeness (QED) is 0.631. The fourth-order valence-corrected chi connectivity index (χ4v) is 4.12. The number of benzene rings is 1. The van der Waals surface area contributed by atoms with Gasteiger partial charge in [-0.1, -0.05) is 6.92 Å². The topological polar surface area (TPSA) is 98.8 Å². The van der Waals surface area contributed by atoms with Gasteiger partial charge in [0.15, 0.2) is 0 Å². The number of aryl methyl sites for hydroxylation is 1. The SMILES string of the molecule is CCc1c(C)nn(CC(=O)Nc2cc3[nH]c(=O)[nH]c3cc2N2CCCC2)c1C. The number of rotatable bonds is 5. The van der Waals surface area contributed by atoms with Crippen molar-refractivity contribution in [3.8, 4) is 0 Å². The first-order valence-corrected chi connectivity index (χ1v) is 9.80. The van der Waals surface area contributed by atoms with Gasteiger partial charge in [-0.3, -0.25) is 9.48 Å². The first-order chi connectivity index (χ1) is 13.5. The van der Waals surface area contributed by atoms with Crippen molar-refractivity contribution in [3.63, 3.8) is 0 Å². The summed E-state index contributed by atoms with van der Waals surface area (Å²) in [6, 6.07) is 3.77. The second kappa shape index (κ2) is 7.18. The summed E-state index contributed by atoms with van der Waals surface area (Å²) in [5, 5.41) is 7.54. The lowest BCUT2D eigenvalue weighted by Gasteiger charge is -2.22. The van der Waals surface area contributed by atoms with Crippen LogP contribution in [0.5, 0.6) is 0 Å². The molecule has 3 N–H and O–H groups in total. The van der Waals surface area contributed by atoms with Crippen molar-refractivity contribution >= 4 is 28.3 Å². The summed E-state index contributed by atoms with van der Waals surface area (Å²) in [7, 11) is 0. The third-order valence-corrected chi connectivity index (χ3v) is 5.53. The predicted octanol–water partition coefficient (Wildman–Crippen LogP) is 2.47. The minimum Gasteiger partial charge on any atom is -0.370 e. The monoisotopic (exact) mass is 382 g/mol. The Morgan fingerprint density at radius 3 is 2.50 bits per heavy atom. The van der Waals surface area contributed by atoms with E-state index in [0.29, 0.717) is 11.2 Å². The molecule has 8 nitrogen and oxygen atoms in total. The van der Waals surface area contributed by atoms with Gasteiger partial charge in [0, 0.05) is 18.8 Å². The second-order valence-corrected chi connectivity index (χ2v) is 7.40. The Hall–Kier alpha value is -3.03. The van der Waals surface area contributed by atoms with Gasteiger partial charge in [-0.05, 0) is 50.8 Å². The molecule has 0 aliphatic carbocycles. The Labute approximate surface area is 162 Å². The molecule has 8 heteroatoms. The Bertz CT molecular complexity index is 1080. The summed E-state index contributed by atoms with van der Waals surface area (Å²) >= 11 is 0. The van der Waals surface area contributed by atoms with E-state index in [0.717, 1.165) is 54.9 Å². The molecule has 0 bridgehead atoms. The van der Waals surface area contributed by atoms with E-state index in [1.165, 1.54) is 5.56 Å². The minimum absolute atomic E-state index is 0.133. The molecule has 0 radical (unpaired) electrons. The molecule has 1 aromatic carbocycles. The molecule has 148 valence electrons. The highest BCUT2D eigenvalue weighted by molar-refractivity contribution is 5.98. The lowest BCUT2D eigenvalue weighted by molar-refractivity contribution is -0.116. The van der Waals surface area contributed by atoms with Gasteiger partial charge in [0.1, 0.15) is 6.54 Å². The van der Waals surface area contributed by atoms with Crippen LogP contribution in [-0.2, 0) is 17.8 Å². The Balaban J connectivity index is 1.63. The van der Waals surface area contributed by atoms with E-state index in [1.54, 1.807) is 4.68 Å². The van der Waals surface area contributed by atoms with Crippen molar-refractivity contribution in [3.05, 3.63) is 39.6 Å². The lowest BCUT2D eigenvalue weighted by Crippen LogP contribution is -2.24. The van der Waals surface area contributed by atoms with Gasteiger partial charge < -0.3 is 20.2 Å². The predicted molar refractivity (Wildman–Crippen MR) is 110 cm³/mol. The van der Waals surface area contributed by atoms with E-state index < -0.39 is 0 Å². The van der Waals surface area contributed by atoms with E-state index in [9.17, 15) is 9.59 Å². The molecule has 2 aromatic heterocycles. The molecular weight excluding hydrogens is 356 g/mol. The average molecular weight is 382 g/mol. The molecule has 4 rings (SSSR count). The highest BCUT2D eigenvalue weighted by atomic mass is 16.2. The number of carbonyl (C=O) groups excluding carboxylic acids is 1. The van der Waals surface area contributed by atoms with Crippen LogP contribution >= 0.6 is 0 Å². The molecule has 0 spiro atoms. The molecule has 28 heavy (non-hydrogen) atoms. The van der Waals surface area contributed by atoms with Gasteiger partial charge >= 0.3 is 5.69 Å². The van der Waals surface area contributed by atoms with Crippen LogP contribution in [0.3, 0.4) is 0 Å². The van der Waals surface area contributed by atoms with Crippen LogP contribution < -0.4 is 15.9 Å². The Morgan fingerprint density at radius 1 is 1.18 bits per heavy atom. The molecule has 1 aliphatic rings. The molecule has 0 unspecified atom stereocenters. The summed E-state index contributed by atoms with van der Waals surface area (Å²) < 4.78 is 1.76. The average Bonchev–Trinajstić information content (AvgIpc) is 3.34. The van der Waals surface area contributed by atoms with Crippen molar-refractivity contribution in [1.29, 1.82) is 0 Å². The fraction of sp³-hybridized carbons (Fsp3) is 0.450. The third-order valence-electron chi connectivity index (χ3n) is 5.53. The number of amides is 1. The molecule has 3 aromatic rings. The van der Waals surface area contributed by atoms with Crippen LogP contribution in [0.4, 0.5) is 11.4 Å². The van der Waals surface area contributed by atoms with Crippen molar-refractivity contribution in [2.45, 2.75) is 46.6 Å². The Morgan fingerprint density at radius 2 is 1.86 bits per heavy atom. The molecule has 0 atom stereocenters. The van der Waals surface area contributed by atoms with E-state index in [1.807, 2.05) is 26.0 Å². The van der Waals surface area contributed by atoms with E-state index in [-0.39, 0.29) is 18.1 Å². The number of fused-ring (bicyclic) bond motifs is 1. The largest absolute Gasteiger partial charge is 0.370 e. The van der Waals surface area contributed by atoms with Crippen LogP contribution in [0.25, 0.3) is 11.0 Å². The maximum absolute atomic E-state index is 12.8. The number of hydrogen-bond acceptors (Lipinski definition) is 4. The fourth-order valence-electron chi connectivity index (χ4n) is 4.12. The molecule has 1 saturated heterocycles. The van der Waals surface area contributed by atoms with Gasteiger partial charge in [-0.15, -0.1) is 0 Å². The Kier molecular flexibility index (Phi) is 4.70. The first-order valence-electron chi connectivity index (χ1n) is 9.80. The van der Waals surface area contributed by atoms with Crippen molar-refractivity contribution in [1.82, 2.24) is 19.7 Å². The molecule has 1 aliphatic heterocycles. The zero-order valence-corrected chi connectivity index (χ0v) is 16.6. The molecule has 3 heterocycles. The highest BCUT2D eigenvalue weighted by Gasteiger charge is 2.20. The molecular formula is C20H26N6O2. The summed E-state index contributed by atoms with van der Waals surface area (Å²) in [5.74, 6) is -0.133. The minimum atomic E-state index is -0.249.